The Morgan fingerprint density at radius 2 is 1.89 bits per heavy atom. The molecule has 2 N–H and O–H groups in total. The Balaban J connectivity index is 1.51. The number of nitrogens with one attached hydrogen (secondary N) is 2. The molecule has 2 aromatic carbocycles. The summed E-state index contributed by atoms with van der Waals surface area (Å²) in [5, 5.41) is 3.08. The molecule has 0 aliphatic carbocycles. The van der Waals surface area contributed by atoms with Gasteiger partial charge in [-0.3, -0.25) is 4.79 Å². The summed E-state index contributed by atoms with van der Waals surface area (Å²) in [4.78, 5) is 14.1. The Morgan fingerprint density at radius 3 is 2.68 bits per heavy atom. The standard InChI is InChI=1S/C23H24N2O3/c1-27-21-10-5-4-9-19(21)23(26)24-15-20(22-11-6-14-28-22)25-13-12-17-7-2-3-8-18(17)16-25/h2-11,14,20H,12-13,15-16H2,1H3,(H,24,26)/p+1/t20-/m1/s1. The summed E-state index contributed by atoms with van der Waals surface area (Å²) >= 11 is 0. The summed E-state index contributed by atoms with van der Waals surface area (Å²) in [6.07, 6.45) is 2.73. The Kier molecular flexibility index (Phi) is 5.44. The number of rotatable bonds is 6. The highest BCUT2D eigenvalue weighted by molar-refractivity contribution is 5.96. The van der Waals surface area contributed by atoms with Crippen LogP contribution in [0.3, 0.4) is 0 Å². The number of para-hydroxylation sites is 1. The predicted molar refractivity (Wildman–Crippen MR) is 106 cm³/mol. The van der Waals surface area contributed by atoms with Crippen LogP contribution in [-0.4, -0.2) is 26.1 Å². The summed E-state index contributed by atoms with van der Waals surface area (Å²) in [6, 6.07) is 19.8. The molecule has 1 aliphatic heterocycles. The van der Waals surface area contributed by atoms with Crippen LogP contribution in [-0.2, 0) is 13.0 Å². The Hall–Kier alpha value is -3.05. The lowest BCUT2D eigenvalue weighted by Crippen LogP contribution is -3.12. The predicted octanol–water partition coefficient (Wildman–Crippen LogP) is 2.40. The van der Waals surface area contributed by atoms with E-state index in [-0.39, 0.29) is 11.9 Å². The number of hydrogen-bond donors (Lipinski definition) is 2. The molecule has 0 saturated carbocycles. The molecule has 28 heavy (non-hydrogen) atoms. The fourth-order valence-corrected chi connectivity index (χ4v) is 3.96. The zero-order chi connectivity index (χ0) is 19.3. The first-order valence-corrected chi connectivity index (χ1v) is 9.62. The average Bonchev–Trinajstić information content (AvgIpc) is 3.28. The van der Waals surface area contributed by atoms with Crippen molar-refractivity contribution >= 4 is 5.91 Å². The van der Waals surface area contributed by atoms with Crippen molar-refractivity contribution in [2.75, 3.05) is 20.2 Å². The van der Waals surface area contributed by atoms with Gasteiger partial charge in [-0.25, -0.2) is 0 Å². The number of amides is 1. The van der Waals surface area contributed by atoms with E-state index in [1.165, 1.54) is 16.0 Å². The number of hydrogen-bond acceptors (Lipinski definition) is 3. The number of benzene rings is 2. The largest absolute Gasteiger partial charge is 0.496 e. The number of methoxy groups -OCH3 is 1. The second kappa shape index (κ2) is 8.31. The van der Waals surface area contributed by atoms with Crippen LogP contribution in [0, 0.1) is 0 Å². The van der Waals surface area contributed by atoms with Gasteiger partial charge in [-0.2, -0.15) is 0 Å². The van der Waals surface area contributed by atoms with Gasteiger partial charge in [0.05, 0.1) is 32.0 Å². The average molecular weight is 377 g/mol. The van der Waals surface area contributed by atoms with E-state index < -0.39 is 0 Å². The van der Waals surface area contributed by atoms with Crippen molar-refractivity contribution in [2.45, 2.75) is 19.0 Å². The van der Waals surface area contributed by atoms with Gasteiger partial charge in [-0.15, -0.1) is 0 Å². The second-order valence-electron chi connectivity index (χ2n) is 7.08. The molecule has 0 radical (unpaired) electrons. The van der Waals surface area contributed by atoms with Gasteiger partial charge in [0.25, 0.3) is 5.91 Å². The molecule has 0 saturated heterocycles. The van der Waals surface area contributed by atoms with E-state index in [9.17, 15) is 4.79 Å². The van der Waals surface area contributed by atoms with E-state index in [4.69, 9.17) is 9.15 Å². The van der Waals surface area contributed by atoms with E-state index in [1.807, 2.05) is 24.3 Å². The molecule has 1 aliphatic rings. The van der Waals surface area contributed by atoms with Crippen molar-refractivity contribution in [1.82, 2.24) is 5.32 Å². The first-order valence-electron chi connectivity index (χ1n) is 9.62. The van der Waals surface area contributed by atoms with E-state index in [0.717, 1.165) is 25.3 Å². The van der Waals surface area contributed by atoms with Gasteiger partial charge in [0.15, 0.2) is 11.8 Å². The summed E-state index contributed by atoms with van der Waals surface area (Å²) in [6.45, 7) is 2.43. The monoisotopic (exact) mass is 377 g/mol. The molecule has 0 fully saturated rings. The maximum atomic E-state index is 12.7. The molecule has 1 amide bonds. The molecule has 2 atom stereocenters. The Morgan fingerprint density at radius 1 is 1.11 bits per heavy atom. The highest BCUT2D eigenvalue weighted by atomic mass is 16.5. The van der Waals surface area contributed by atoms with Crippen LogP contribution in [0.1, 0.15) is 33.3 Å². The van der Waals surface area contributed by atoms with Crippen molar-refractivity contribution < 1.29 is 18.8 Å². The fraction of sp³-hybridized carbons (Fsp3) is 0.261. The van der Waals surface area contributed by atoms with Crippen molar-refractivity contribution in [2.24, 2.45) is 0 Å². The van der Waals surface area contributed by atoms with Crippen LogP contribution in [0.5, 0.6) is 5.75 Å². The first kappa shape index (κ1) is 18.3. The van der Waals surface area contributed by atoms with Crippen LogP contribution < -0.4 is 15.0 Å². The van der Waals surface area contributed by atoms with Crippen LogP contribution in [0.15, 0.2) is 71.3 Å². The topological polar surface area (TPSA) is 55.9 Å². The highest BCUT2D eigenvalue weighted by Crippen LogP contribution is 2.18. The fourth-order valence-electron chi connectivity index (χ4n) is 3.96. The summed E-state index contributed by atoms with van der Waals surface area (Å²) in [5.74, 6) is 1.34. The highest BCUT2D eigenvalue weighted by Gasteiger charge is 2.30. The minimum absolute atomic E-state index is 0.0574. The molecule has 1 unspecified atom stereocenters. The minimum Gasteiger partial charge on any atom is -0.496 e. The second-order valence-corrected chi connectivity index (χ2v) is 7.08. The van der Waals surface area contributed by atoms with E-state index in [0.29, 0.717) is 17.9 Å². The smallest absolute Gasteiger partial charge is 0.255 e. The molecule has 4 rings (SSSR count). The number of carbonyl (C=O) groups is 1. The molecule has 3 aromatic rings. The SMILES string of the molecule is COc1ccccc1C(=O)NC[C@H](c1ccco1)[NH+]1CCc2ccccc2C1. The van der Waals surface area contributed by atoms with Gasteiger partial charge in [-0.05, 0) is 29.8 Å². The van der Waals surface area contributed by atoms with Crippen molar-refractivity contribution in [3.05, 3.63) is 89.4 Å². The molecule has 1 aromatic heterocycles. The minimum atomic E-state index is -0.134. The van der Waals surface area contributed by atoms with Gasteiger partial charge >= 0.3 is 0 Å². The maximum Gasteiger partial charge on any atom is 0.255 e. The lowest BCUT2D eigenvalue weighted by Gasteiger charge is -2.31. The zero-order valence-electron chi connectivity index (χ0n) is 16.0. The third-order valence-electron chi connectivity index (χ3n) is 5.45. The molecular formula is C23H25N2O3+. The lowest BCUT2D eigenvalue weighted by atomic mass is 9.98. The van der Waals surface area contributed by atoms with Gasteiger partial charge < -0.3 is 19.4 Å². The third-order valence-corrected chi connectivity index (χ3v) is 5.45. The van der Waals surface area contributed by atoms with Crippen molar-refractivity contribution in [3.8, 4) is 5.75 Å². The van der Waals surface area contributed by atoms with Gasteiger partial charge in [0, 0.05) is 12.0 Å². The number of ether oxygens (including phenoxy) is 1. The van der Waals surface area contributed by atoms with Gasteiger partial charge in [0.1, 0.15) is 12.3 Å². The number of carbonyl (C=O) groups excluding carboxylic acids is 1. The lowest BCUT2D eigenvalue weighted by molar-refractivity contribution is -0.946. The molecule has 144 valence electrons. The van der Waals surface area contributed by atoms with Crippen molar-refractivity contribution in [3.63, 3.8) is 0 Å². The van der Waals surface area contributed by atoms with Crippen LogP contribution in [0.25, 0.3) is 0 Å². The third kappa shape index (κ3) is 3.80. The number of quaternary nitrogens is 1. The first-order chi connectivity index (χ1) is 13.8. The van der Waals surface area contributed by atoms with Crippen molar-refractivity contribution in [1.29, 1.82) is 0 Å². The molecule has 0 spiro atoms. The number of fused-ring (bicyclic) bond motifs is 1. The van der Waals surface area contributed by atoms with E-state index in [1.54, 1.807) is 25.5 Å². The zero-order valence-corrected chi connectivity index (χ0v) is 16.0. The quantitative estimate of drug-likeness (QED) is 0.694. The Bertz CT molecular complexity index is 937. The molecule has 5 heteroatoms. The Labute approximate surface area is 164 Å². The van der Waals surface area contributed by atoms with Crippen LogP contribution in [0.2, 0.25) is 0 Å². The summed E-state index contributed by atoms with van der Waals surface area (Å²) < 4.78 is 11.0. The van der Waals surface area contributed by atoms with Crippen LogP contribution >= 0.6 is 0 Å². The number of furan rings is 1. The van der Waals surface area contributed by atoms with Gasteiger partial charge in [-0.1, -0.05) is 36.4 Å². The van der Waals surface area contributed by atoms with Gasteiger partial charge in [0.2, 0.25) is 0 Å². The van der Waals surface area contributed by atoms with Crippen LogP contribution in [0.4, 0.5) is 0 Å². The van der Waals surface area contributed by atoms with E-state index >= 15 is 0 Å². The summed E-state index contributed by atoms with van der Waals surface area (Å²) in [7, 11) is 1.58. The summed E-state index contributed by atoms with van der Waals surface area (Å²) in [5.41, 5.74) is 3.33. The maximum absolute atomic E-state index is 12.7. The molecule has 0 bridgehead atoms. The van der Waals surface area contributed by atoms with E-state index in [2.05, 4.69) is 29.6 Å². The molecule has 2 heterocycles. The molecule has 5 nitrogen and oxygen atoms in total. The normalized spacial score (nSPS) is 16.8. The molecular weight excluding hydrogens is 352 g/mol.